The molecule has 0 saturated carbocycles. The van der Waals surface area contributed by atoms with Crippen molar-refractivity contribution in [2.75, 3.05) is 16.8 Å². The number of fused-ring (bicyclic) bond motifs is 1. The first-order chi connectivity index (χ1) is 12.2. The van der Waals surface area contributed by atoms with Crippen molar-refractivity contribution < 1.29 is 9.59 Å². The van der Waals surface area contributed by atoms with E-state index in [0.717, 1.165) is 22.5 Å². The van der Waals surface area contributed by atoms with E-state index in [2.05, 4.69) is 10.3 Å². The Kier molecular flexibility index (Phi) is 4.03. The first-order valence-corrected chi connectivity index (χ1v) is 8.80. The van der Waals surface area contributed by atoms with Crippen molar-refractivity contribution in [3.05, 3.63) is 76.2 Å². The average molecular weight is 349 g/mol. The van der Waals surface area contributed by atoms with Crippen LogP contribution in [0, 0.1) is 0 Å². The summed E-state index contributed by atoms with van der Waals surface area (Å²) in [6.45, 7) is 0.661. The normalized spacial score (nSPS) is 12.7. The van der Waals surface area contributed by atoms with Crippen LogP contribution in [0.3, 0.4) is 0 Å². The van der Waals surface area contributed by atoms with Gasteiger partial charge in [-0.1, -0.05) is 12.1 Å². The Morgan fingerprint density at radius 2 is 1.96 bits per heavy atom. The number of amides is 2. The summed E-state index contributed by atoms with van der Waals surface area (Å²) < 4.78 is 0. The lowest BCUT2D eigenvalue weighted by molar-refractivity contribution is 0.0991. The molecule has 1 aromatic carbocycles. The molecule has 0 saturated heterocycles. The molecule has 2 aromatic heterocycles. The lowest BCUT2D eigenvalue weighted by atomic mass is 10.1. The van der Waals surface area contributed by atoms with Crippen LogP contribution in [0.1, 0.15) is 25.6 Å². The van der Waals surface area contributed by atoms with Crippen molar-refractivity contribution >= 4 is 34.5 Å². The molecule has 0 atom stereocenters. The Morgan fingerprint density at radius 3 is 2.72 bits per heavy atom. The minimum Gasteiger partial charge on any atom is -0.322 e. The molecule has 6 heteroatoms. The second-order valence-corrected chi connectivity index (χ2v) is 6.67. The molecule has 0 radical (unpaired) electrons. The third-order valence-corrected chi connectivity index (χ3v) is 5.02. The number of thiophene rings is 1. The highest BCUT2D eigenvalue weighted by molar-refractivity contribution is 7.12. The zero-order valence-electron chi connectivity index (χ0n) is 13.3. The van der Waals surface area contributed by atoms with Crippen LogP contribution in [0.15, 0.2) is 60.2 Å². The maximum atomic E-state index is 12.7. The number of nitrogens with zero attached hydrogens (tertiary/aromatic N) is 2. The Balaban J connectivity index is 1.58. The highest BCUT2D eigenvalue weighted by Gasteiger charge is 2.26. The molecule has 1 aliphatic heterocycles. The molecular formula is C19H15N3O2S. The van der Waals surface area contributed by atoms with Crippen molar-refractivity contribution in [1.29, 1.82) is 0 Å². The summed E-state index contributed by atoms with van der Waals surface area (Å²) in [4.78, 5) is 31.4. The Labute approximate surface area is 148 Å². The second kappa shape index (κ2) is 6.49. The monoisotopic (exact) mass is 349 g/mol. The number of rotatable bonds is 3. The fourth-order valence-electron chi connectivity index (χ4n) is 2.91. The van der Waals surface area contributed by atoms with Gasteiger partial charge in [0.05, 0.1) is 4.88 Å². The molecule has 1 aliphatic rings. The van der Waals surface area contributed by atoms with Gasteiger partial charge >= 0.3 is 0 Å². The number of carbonyl (C=O) groups is 2. The molecule has 124 valence electrons. The first kappa shape index (κ1) is 15.5. The maximum Gasteiger partial charge on any atom is 0.268 e. The number of aromatic nitrogens is 1. The van der Waals surface area contributed by atoms with E-state index in [1.165, 1.54) is 11.3 Å². The fraction of sp³-hybridized carbons (Fsp3) is 0.105. The van der Waals surface area contributed by atoms with E-state index < -0.39 is 0 Å². The Morgan fingerprint density at radius 1 is 1.12 bits per heavy atom. The summed E-state index contributed by atoms with van der Waals surface area (Å²) in [6.07, 6.45) is 3.99. The molecule has 1 N–H and O–H groups in total. The van der Waals surface area contributed by atoms with Crippen LogP contribution in [0.25, 0.3) is 0 Å². The first-order valence-electron chi connectivity index (χ1n) is 7.92. The van der Waals surface area contributed by atoms with E-state index in [1.54, 1.807) is 29.4 Å². The van der Waals surface area contributed by atoms with Gasteiger partial charge in [-0.25, -0.2) is 0 Å². The van der Waals surface area contributed by atoms with E-state index in [4.69, 9.17) is 0 Å². The SMILES string of the molecule is O=C(Nc1ccc2c(c1)N(C(=O)c1cccs1)CC2)c1ccncc1. The van der Waals surface area contributed by atoms with Gasteiger partial charge in [0.2, 0.25) is 0 Å². The summed E-state index contributed by atoms with van der Waals surface area (Å²) in [5.74, 6) is -0.192. The standard InChI is InChI=1S/C19H15N3O2S/c23-18(14-5-8-20-9-6-14)21-15-4-3-13-7-10-22(16(13)12-15)19(24)17-2-1-11-25-17/h1-6,8-9,11-12H,7,10H2,(H,21,23). The number of pyridine rings is 1. The molecule has 0 unspecified atom stereocenters. The van der Waals surface area contributed by atoms with Gasteiger partial charge < -0.3 is 10.2 Å². The summed E-state index contributed by atoms with van der Waals surface area (Å²) in [7, 11) is 0. The highest BCUT2D eigenvalue weighted by Crippen LogP contribution is 2.32. The minimum absolute atomic E-state index is 0.00589. The van der Waals surface area contributed by atoms with Crippen molar-refractivity contribution in [2.24, 2.45) is 0 Å². The van der Waals surface area contributed by atoms with Gasteiger partial charge in [0.25, 0.3) is 11.8 Å². The largest absolute Gasteiger partial charge is 0.322 e. The predicted molar refractivity (Wildman–Crippen MR) is 98.3 cm³/mol. The van der Waals surface area contributed by atoms with E-state index in [-0.39, 0.29) is 11.8 Å². The van der Waals surface area contributed by atoms with Crippen LogP contribution in [-0.2, 0) is 6.42 Å². The molecular weight excluding hydrogens is 334 g/mol. The van der Waals surface area contributed by atoms with Crippen LogP contribution in [0.2, 0.25) is 0 Å². The average Bonchev–Trinajstić information content (AvgIpc) is 3.31. The van der Waals surface area contributed by atoms with Crippen LogP contribution in [-0.4, -0.2) is 23.3 Å². The molecule has 3 heterocycles. The minimum atomic E-state index is -0.198. The zero-order valence-corrected chi connectivity index (χ0v) is 14.1. The number of benzene rings is 1. The van der Waals surface area contributed by atoms with E-state index in [9.17, 15) is 9.59 Å². The summed E-state index contributed by atoms with van der Waals surface area (Å²) in [5, 5.41) is 4.78. The van der Waals surface area contributed by atoms with Gasteiger partial charge in [-0.05, 0) is 47.7 Å². The molecule has 4 rings (SSSR count). The van der Waals surface area contributed by atoms with Crippen LogP contribution in [0.5, 0.6) is 0 Å². The molecule has 3 aromatic rings. The van der Waals surface area contributed by atoms with Crippen LogP contribution in [0.4, 0.5) is 11.4 Å². The van der Waals surface area contributed by atoms with E-state index >= 15 is 0 Å². The van der Waals surface area contributed by atoms with Crippen molar-refractivity contribution in [3.8, 4) is 0 Å². The molecule has 0 spiro atoms. The smallest absolute Gasteiger partial charge is 0.268 e. The van der Waals surface area contributed by atoms with Gasteiger partial charge in [-0.2, -0.15) is 0 Å². The Bertz CT molecular complexity index is 923. The third kappa shape index (κ3) is 3.04. The lowest BCUT2D eigenvalue weighted by Gasteiger charge is -2.17. The van der Waals surface area contributed by atoms with Crippen LogP contribution >= 0.6 is 11.3 Å². The Hall–Kier alpha value is -2.99. The van der Waals surface area contributed by atoms with E-state index in [1.807, 2.05) is 35.7 Å². The maximum absolute atomic E-state index is 12.7. The highest BCUT2D eigenvalue weighted by atomic mass is 32.1. The lowest BCUT2D eigenvalue weighted by Crippen LogP contribution is -2.28. The molecule has 2 amide bonds. The molecule has 0 bridgehead atoms. The van der Waals surface area contributed by atoms with Crippen LogP contribution < -0.4 is 10.2 Å². The molecule has 25 heavy (non-hydrogen) atoms. The van der Waals surface area contributed by atoms with Gasteiger partial charge in [0.15, 0.2) is 0 Å². The van der Waals surface area contributed by atoms with Gasteiger partial charge in [-0.3, -0.25) is 14.6 Å². The number of carbonyl (C=O) groups excluding carboxylic acids is 2. The second-order valence-electron chi connectivity index (χ2n) is 5.72. The number of hydrogen-bond acceptors (Lipinski definition) is 4. The zero-order chi connectivity index (χ0) is 17.2. The molecule has 0 fully saturated rings. The topological polar surface area (TPSA) is 62.3 Å². The quantitative estimate of drug-likeness (QED) is 0.786. The van der Waals surface area contributed by atoms with Crippen molar-refractivity contribution in [3.63, 3.8) is 0 Å². The number of anilines is 2. The summed E-state index contributed by atoms with van der Waals surface area (Å²) in [5.41, 5.74) is 3.20. The summed E-state index contributed by atoms with van der Waals surface area (Å²) >= 11 is 1.44. The van der Waals surface area contributed by atoms with E-state index in [0.29, 0.717) is 17.8 Å². The van der Waals surface area contributed by atoms with Gasteiger partial charge in [-0.15, -0.1) is 11.3 Å². The van der Waals surface area contributed by atoms with Gasteiger partial charge in [0, 0.05) is 35.9 Å². The third-order valence-electron chi connectivity index (χ3n) is 4.16. The van der Waals surface area contributed by atoms with Crippen molar-refractivity contribution in [2.45, 2.75) is 6.42 Å². The number of nitrogens with one attached hydrogen (secondary N) is 1. The van der Waals surface area contributed by atoms with Gasteiger partial charge in [0.1, 0.15) is 0 Å². The number of hydrogen-bond donors (Lipinski definition) is 1. The molecule has 0 aliphatic carbocycles. The summed E-state index contributed by atoms with van der Waals surface area (Å²) in [6, 6.07) is 12.7. The predicted octanol–water partition coefficient (Wildman–Crippen LogP) is 3.60. The van der Waals surface area contributed by atoms with Crippen molar-refractivity contribution in [1.82, 2.24) is 4.98 Å². The molecule has 5 nitrogen and oxygen atoms in total. The fourth-order valence-corrected chi connectivity index (χ4v) is 3.58.